The van der Waals surface area contributed by atoms with Gasteiger partial charge in [0.1, 0.15) is 0 Å². The van der Waals surface area contributed by atoms with E-state index < -0.39 is 5.41 Å². The SMILES string of the molecule is CCOC(=O)C(C)(C)CS. The average Bonchev–Trinajstić information content (AvgIpc) is 1.89. The number of hydrogen-bond donors (Lipinski definition) is 1. The molecule has 0 fully saturated rings. The molecular formula is C7H14O2S. The van der Waals surface area contributed by atoms with Gasteiger partial charge in [-0.15, -0.1) is 0 Å². The Bertz CT molecular complexity index is 121. The van der Waals surface area contributed by atoms with Crippen LogP contribution in [0, 0.1) is 5.41 Å². The van der Waals surface area contributed by atoms with Gasteiger partial charge in [0.2, 0.25) is 0 Å². The van der Waals surface area contributed by atoms with Gasteiger partial charge >= 0.3 is 5.97 Å². The number of hydrogen-bond acceptors (Lipinski definition) is 3. The zero-order chi connectivity index (χ0) is 8.20. The van der Waals surface area contributed by atoms with E-state index in [0.29, 0.717) is 12.4 Å². The molecule has 0 aliphatic rings. The van der Waals surface area contributed by atoms with E-state index in [-0.39, 0.29) is 5.97 Å². The Morgan fingerprint density at radius 2 is 2.10 bits per heavy atom. The van der Waals surface area contributed by atoms with Gasteiger partial charge in [0, 0.05) is 5.75 Å². The zero-order valence-corrected chi connectivity index (χ0v) is 7.57. The van der Waals surface area contributed by atoms with Crippen molar-refractivity contribution in [3.8, 4) is 0 Å². The maximum Gasteiger partial charge on any atom is 0.312 e. The number of thiol groups is 1. The van der Waals surface area contributed by atoms with Gasteiger partial charge in [0.15, 0.2) is 0 Å². The maximum absolute atomic E-state index is 11.0. The van der Waals surface area contributed by atoms with Crippen molar-refractivity contribution >= 4 is 18.6 Å². The van der Waals surface area contributed by atoms with Crippen LogP contribution in [-0.2, 0) is 9.53 Å². The Morgan fingerprint density at radius 1 is 1.60 bits per heavy atom. The van der Waals surface area contributed by atoms with E-state index in [4.69, 9.17) is 4.74 Å². The Morgan fingerprint density at radius 3 is 2.40 bits per heavy atom. The fourth-order valence-electron chi connectivity index (χ4n) is 0.391. The Balaban J connectivity index is 3.91. The summed E-state index contributed by atoms with van der Waals surface area (Å²) in [5.41, 5.74) is -0.445. The molecule has 0 saturated carbocycles. The monoisotopic (exact) mass is 162 g/mol. The third-order valence-electron chi connectivity index (χ3n) is 1.22. The van der Waals surface area contributed by atoms with Crippen LogP contribution >= 0.6 is 12.6 Å². The molecule has 0 aromatic carbocycles. The van der Waals surface area contributed by atoms with Gasteiger partial charge in [-0.2, -0.15) is 12.6 Å². The van der Waals surface area contributed by atoms with Gasteiger partial charge < -0.3 is 4.74 Å². The van der Waals surface area contributed by atoms with Crippen LogP contribution in [0.2, 0.25) is 0 Å². The van der Waals surface area contributed by atoms with E-state index in [1.54, 1.807) is 6.92 Å². The van der Waals surface area contributed by atoms with Crippen LogP contribution in [0.25, 0.3) is 0 Å². The van der Waals surface area contributed by atoms with Crippen molar-refractivity contribution in [3.05, 3.63) is 0 Å². The van der Waals surface area contributed by atoms with Crippen molar-refractivity contribution in [1.82, 2.24) is 0 Å². The van der Waals surface area contributed by atoms with Gasteiger partial charge in [0.05, 0.1) is 12.0 Å². The number of carbonyl (C=O) groups excluding carboxylic acids is 1. The molecule has 0 radical (unpaired) electrons. The third-order valence-corrected chi connectivity index (χ3v) is 2.01. The van der Waals surface area contributed by atoms with Gasteiger partial charge in [-0.25, -0.2) is 0 Å². The van der Waals surface area contributed by atoms with Crippen molar-refractivity contribution in [1.29, 1.82) is 0 Å². The van der Waals surface area contributed by atoms with E-state index in [9.17, 15) is 4.79 Å². The summed E-state index contributed by atoms with van der Waals surface area (Å²) in [6, 6.07) is 0. The Labute approximate surface area is 67.4 Å². The first-order chi connectivity index (χ1) is 4.54. The third kappa shape index (κ3) is 2.60. The lowest BCUT2D eigenvalue weighted by Crippen LogP contribution is -2.28. The van der Waals surface area contributed by atoms with Crippen molar-refractivity contribution in [2.24, 2.45) is 5.41 Å². The fourth-order valence-corrected chi connectivity index (χ4v) is 0.520. The lowest BCUT2D eigenvalue weighted by Gasteiger charge is -2.18. The standard InChI is InChI=1S/C7H14O2S/c1-4-9-6(8)7(2,3)5-10/h10H,4-5H2,1-3H3. The van der Waals surface area contributed by atoms with Crippen molar-refractivity contribution < 1.29 is 9.53 Å². The van der Waals surface area contributed by atoms with Crippen LogP contribution in [0.3, 0.4) is 0 Å². The first-order valence-electron chi connectivity index (χ1n) is 3.32. The molecule has 0 aliphatic heterocycles. The molecule has 3 heteroatoms. The molecule has 0 aromatic rings. The summed E-state index contributed by atoms with van der Waals surface area (Å²) in [4.78, 5) is 11.0. The fraction of sp³-hybridized carbons (Fsp3) is 0.857. The Hall–Kier alpha value is -0.180. The second-order valence-corrected chi connectivity index (χ2v) is 3.08. The van der Waals surface area contributed by atoms with Crippen LogP contribution in [0.15, 0.2) is 0 Å². The highest BCUT2D eigenvalue weighted by Crippen LogP contribution is 2.18. The number of ether oxygens (including phenoxy) is 1. The molecule has 0 N–H and O–H groups in total. The van der Waals surface area contributed by atoms with E-state index >= 15 is 0 Å². The minimum atomic E-state index is -0.445. The first kappa shape index (κ1) is 9.82. The van der Waals surface area contributed by atoms with Crippen molar-refractivity contribution in [2.45, 2.75) is 20.8 Å². The highest BCUT2D eigenvalue weighted by atomic mass is 32.1. The molecule has 0 saturated heterocycles. The minimum absolute atomic E-state index is 0.176. The van der Waals surface area contributed by atoms with Crippen molar-refractivity contribution in [2.75, 3.05) is 12.4 Å². The predicted octanol–water partition coefficient (Wildman–Crippen LogP) is 1.51. The summed E-state index contributed by atoms with van der Waals surface area (Å²) in [6.07, 6.45) is 0. The molecule has 0 amide bonds. The average molecular weight is 162 g/mol. The van der Waals surface area contributed by atoms with Crippen LogP contribution in [0.5, 0.6) is 0 Å². The summed E-state index contributed by atoms with van der Waals surface area (Å²) in [5.74, 6) is 0.344. The topological polar surface area (TPSA) is 26.3 Å². The van der Waals surface area contributed by atoms with E-state index in [1.165, 1.54) is 0 Å². The summed E-state index contributed by atoms with van der Waals surface area (Å²) in [7, 11) is 0. The molecule has 10 heavy (non-hydrogen) atoms. The summed E-state index contributed by atoms with van der Waals surface area (Å²) >= 11 is 4.03. The maximum atomic E-state index is 11.0. The molecule has 0 aliphatic carbocycles. The van der Waals surface area contributed by atoms with Crippen LogP contribution in [-0.4, -0.2) is 18.3 Å². The normalized spacial score (nSPS) is 11.2. The second-order valence-electron chi connectivity index (χ2n) is 2.76. The molecule has 0 atom stereocenters. The van der Waals surface area contributed by atoms with E-state index in [0.717, 1.165) is 0 Å². The van der Waals surface area contributed by atoms with Crippen LogP contribution in [0.4, 0.5) is 0 Å². The largest absolute Gasteiger partial charge is 0.466 e. The zero-order valence-electron chi connectivity index (χ0n) is 6.68. The number of carbonyl (C=O) groups is 1. The van der Waals surface area contributed by atoms with Crippen molar-refractivity contribution in [3.63, 3.8) is 0 Å². The van der Waals surface area contributed by atoms with Gasteiger partial charge in [-0.05, 0) is 20.8 Å². The number of rotatable bonds is 3. The van der Waals surface area contributed by atoms with Gasteiger partial charge in [-0.1, -0.05) is 0 Å². The highest BCUT2D eigenvalue weighted by Gasteiger charge is 2.26. The lowest BCUT2D eigenvalue weighted by atomic mass is 9.97. The molecule has 0 spiro atoms. The van der Waals surface area contributed by atoms with Gasteiger partial charge in [-0.3, -0.25) is 4.79 Å². The van der Waals surface area contributed by atoms with E-state index in [2.05, 4.69) is 12.6 Å². The second kappa shape index (κ2) is 3.86. The Kier molecular flexibility index (Phi) is 3.79. The molecule has 0 heterocycles. The summed E-state index contributed by atoms with van der Waals surface area (Å²) in [5, 5.41) is 0. The lowest BCUT2D eigenvalue weighted by molar-refractivity contribution is -0.152. The molecule has 0 aromatic heterocycles. The molecule has 0 bridgehead atoms. The molecular weight excluding hydrogens is 148 g/mol. The molecule has 60 valence electrons. The highest BCUT2D eigenvalue weighted by molar-refractivity contribution is 7.80. The van der Waals surface area contributed by atoms with Crippen LogP contribution < -0.4 is 0 Å². The first-order valence-corrected chi connectivity index (χ1v) is 3.96. The number of esters is 1. The molecule has 0 rings (SSSR count). The summed E-state index contributed by atoms with van der Waals surface area (Å²) < 4.78 is 4.81. The van der Waals surface area contributed by atoms with E-state index in [1.807, 2.05) is 13.8 Å². The van der Waals surface area contributed by atoms with Gasteiger partial charge in [0.25, 0.3) is 0 Å². The van der Waals surface area contributed by atoms with Crippen LogP contribution in [0.1, 0.15) is 20.8 Å². The summed E-state index contributed by atoms with van der Waals surface area (Å²) in [6.45, 7) is 5.87. The quantitative estimate of drug-likeness (QED) is 0.503. The smallest absolute Gasteiger partial charge is 0.312 e. The molecule has 2 nitrogen and oxygen atoms in total. The predicted molar refractivity (Wildman–Crippen MR) is 44.3 cm³/mol. The minimum Gasteiger partial charge on any atom is -0.466 e. The molecule has 0 unspecified atom stereocenters.